The fourth-order valence-electron chi connectivity index (χ4n) is 3.84. The molecule has 0 radical (unpaired) electrons. The van der Waals surface area contributed by atoms with E-state index in [2.05, 4.69) is 10.3 Å². The topological polar surface area (TPSA) is 89.8 Å². The zero-order valence-electron chi connectivity index (χ0n) is 18.7. The maximum atomic E-state index is 13.1. The standard InChI is InChI=1S/C22H31N5O4/c1-25(2)21(28)15-26-14-18(23-24-26)22(29)27-12-6-5-7-17(27)10-8-16-9-11-19(30-3)20(13-16)31-4/h9,11,13-14,17H,5-8,10,12,15H2,1-4H3/t17-/m1/s1. The monoisotopic (exact) mass is 429 g/mol. The van der Waals surface area contributed by atoms with Crippen LogP contribution in [0.3, 0.4) is 0 Å². The van der Waals surface area contributed by atoms with Crippen LogP contribution in [-0.4, -0.2) is 77.5 Å². The van der Waals surface area contributed by atoms with Gasteiger partial charge in [-0.3, -0.25) is 9.59 Å². The van der Waals surface area contributed by atoms with E-state index >= 15 is 0 Å². The summed E-state index contributed by atoms with van der Waals surface area (Å²) in [6.45, 7) is 0.773. The summed E-state index contributed by atoms with van der Waals surface area (Å²) in [5, 5.41) is 7.97. The molecule has 2 heterocycles. The van der Waals surface area contributed by atoms with E-state index in [1.165, 1.54) is 9.58 Å². The van der Waals surface area contributed by atoms with E-state index in [1.807, 2.05) is 23.1 Å². The molecule has 1 atom stereocenters. The molecule has 1 aromatic carbocycles. The number of carbonyl (C=O) groups excluding carboxylic acids is 2. The number of amides is 2. The average Bonchev–Trinajstić information content (AvgIpc) is 3.25. The molecule has 9 heteroatoms. The molecule has 168 valence electrons. The summed E-state index contributed by atoms with van der Waals surface area (Å²) in [5.74, 6) is 1.19. The number of ether oxygens (including phenoxy) is 2. The van der Waals surface area contributed by atoms with Gasteiger partial charge in [0, 0.05) is 26.7 Å². The van der Waals surface area contributed by atoms with E-state index in [0.717, 1.165) is 37.7 Å². The number of nitrogens with zero attached hydrogens (tertiary/aromatic N) is 5. The Morgan fingerprint density at radius 1 is 1.16 bits per heavy atom. The van der Waals surface area contributed by atoms with E-state index in [4.69, 9.17) is 9.47 Å². The van der Waals surface area contributed by atoms with Gasteiger partial charge in [-0.1, -0.05) is 11.3 Å². The van der Waals surface area contributed by atoms with E-state index in [9.17, 15) is 9.59 Å². The molecule has 2 aromatic rings. The lowest BCUT2D eigenvalue weighted by atomic mass is 9.95. The highest BCUT2D eigenvalue weighted by Crippen LogP contribution is 2.29. The lowest BCUT2D eigenvalue weighted by molar-refractivity contribution is -0.129. The van der Waals surface area contributed by atoms with Crippen molar-refractivity contribution >= 4 is 11.8 Å². The Balaban J connectivity index is 1.66. The molecule has 0 bridgehead atoms. The third-order valence-electron chi connectivity index (χ3n) is 5.66. The Morgan fingerprint density at radius 3 is 2.65 bits per heavy atom. The molecule has 1 aliphatic rings. The number of piperidine rings is 1. The summed E-state index contributed by atoms with van der Waals surface area (Å²) < 4.78 is 12.1. The van der Waals surface area contributed by atoms with Gasteiger partial charge in [-0.15, -0.1) is 5.10 Å². The van der Waals surface area contributed by atoms with Crippen molar-refractivity contribution < 1.29 is 19.1 Å². The van der Waals surface area contributed by atoms with Crippen LogP contribution in [0.4, 0.5) is 0 Å². The number of hydrogen-bond acceptors (Lipinski definition) is 6. The number of aromatic nitrogens is 3. The maximum absolute atomic E-state index is 13.1. The number of methoxy groups -OCH3 is 2. The lowest BCUT2D eigenvalue weighted by Gasteiger charge is -2.35. The minimum Gasteiger partial charge on any atom is -0.493 e. The molecule has 9 nitrogen and oxygen atoms in total. The normalized spacial score (nSPS) is 16.1. The van der Waals surface area contributed by atoms with Crippen LogP contribution in [-0.2, 0) is 17.8 Å². The molecule has 0 aliphatic carbocycles. The van der Waals surface area contributed by atoms with Crippen LogP contribution >= 0.6 is 0 Å². The summed E-state index contributed by atoms with van der Waals surface area (Å²) in [7, 11) is 6.61. The number of hydrogen-bond donors (Lipinski definition) is 0. The molecule has 1 saturated heterocycles. The van der Waals surface area contributed by atoms with Crippen LogP contribution in [0.1, 0.15) is 41.7 Å². The molecule has 1 aliphatic heterocycles. The summed E-state index contributed by atoms with van der Waals surface area (Å²) in [5.41, 5.74) is 1.42. The van der Waals surface area contributed by atoms with Gasteiger partial charge in [-0.25, -0.2) is 4.68 Å². The van der Waals surface area contributed by atoms with Gasteiger partial charge in [-0.2, -0.15) is 0 Å². The van der Waals surface area contributed by atoms with Gasteiger partial charge in [0.15, 0.2) is 17.2 Å². The minimum absolute atomic E-state index is 0.0655. The smallest absolute Gasteiger partial charge is 0.276 e. The number of benzene rings is 1. The molecule has 1 fully saturated rings. The second-order valence-corrected chi connectivity index (χ2v) is 7.97. The Bertz CT molecular complexity index is 911. The zero-order chi connectivity index (χ0) is 22.4. The Kier molecular flexibility index (Phi) is 7.49. The number of likely N-dealkylation sites (N-methyl/N-ethyl adjacent to an activating group) is 1. The molecule has 0 saturated carbocycles. The van der Waals surface area contributed by atoms with Gasteiger partial charge in [0.05, 0.1) is 20.4 Å². The molecule has 3 rings (SSSR count). The zero-order valence-corrected chi connectivity index (χ0v) is 18.7. The molecular formula is C22H31N5O4. The van der Waals surface area contributed by atoms with Crippen molar-refractivity contribution in [3.63, 3.8) is 0 Å². The van der Waals surface area contributed by atoms with Crippen molar-refractivity contribution in [2.24, 2.45) is 0 Å². The van der Waals surface area contributed by atoms with E-state index in [0.29, 0.717) is 18.0 Å². The Labute approximate surface area is 182 Å². The molecular weight excluding hydrogens is 398 g/mol. The fourth-order valence-corrected chi connectivity index (χ4v) is 3.84. The van der Waals surface area contributed by atoms with E-state index < -0.39 is 0 Å². The molecule has 0 N–H and O–H groups in total. The summed E-state index contributed by atoms with van der Waals surface area (Å²) in [6, 6.07) is 6.07. The first-order valence-corrected chi connectivity index (χ1v) is 10.5. The van der Waals surface area contributed by atoms with Crippen LogP contribution < -0.4 is 9.47 Å². The van der Waals surface area contributed by atoms with Crippen molar-refractivity contribution in [2.75, 3.05) is 34.9 Å². The van der Waals surface area contributed by atoms with Crippen LogP contribution in [0.2, 0.25) is 0 Å². The predicted molar refractivity (Wildman–Crippen MR) is 115 cm³/mol. The fraction of sp³-hybridized carbons (Fsp3) is 0.545. The largest absolute Gasteiger partial charge is 0.493 e. The van der Waals surface area contributed by atoms with Gasteiger partial charge in [0.2, 0.25) is 5.91 Å². The van der Waals surface area contributed by atoms with E-state index in [-0.39, 0.29) is 30.1 Å². The maximum Gasteiger partial charge on any atom is 0.276 e. The van der Waals surface area contributed by atoms with Crippen molar-refractivity contribution in [3.05, 3.63) is 35.7 Å². The first kappa shape index (κ1) is 22.6. The second-order valence-electron chi connectivity index (χ2n) is 7.97. The highest BCUT2D eigenvalue weighted by atomic mass is 16.5. The number of aryl methyl sites for hydroxylation is 1. The summed E-state index contributed by atoms with van der Waals surface area (Å²) in [4.78, 5) is 28.4. The minimum atomic E-state index is -0.124. The van der Waals surface area contributed by atoms with Crippen molar-refractivity contribution in [2.45, 2.75) is 44.7 Å². The highest BCUT2D eigenvalue weighted by Gasteiger charge is 2.29. The lowest BCUT2D eigenvalue weighted by Crippen LogP contribution is -2.44. The number of carbonyl (C=O) groups is 2. The molecule has 1 aromatic heterocycles. The van der Waals surface area contributed by atoms with Gasteiger partial charge >= 0.3 is 0 Å². The van der Waals surface area contributed by atoms with Crippen LogP contribution in [0, 0.1) is 0 Å². The number of likely N-dealkylation sites (tertiary alicyclic amines) is 1. The first-order chi connectivity index (χ1) is 14.9. The predicted octanol–water partition coefficient (Wildman–Crippen LogP) is 2.01. The SMILES string of the molecule is COc1ccc(CC[C@H]2CCCCN2C(=O)c2cn(CC(=O)N(C)C)nn2)cc1OC. The van der Waals surface area contributed by atoms with Gasteiger partial charge in [-0.05, 0) is 49.8 Å². The number of rotatable bonds is 8. The van der Waals surface area contributed by atoms with Crippen molar-refractivity contribution in [1.82, 2.24) is 24.8 Å². The molecule has 2 amide bonds. The van der Waals surface area contributed by atoms with Crippen LogP contribution in [0.5, 0.6) is 11.5 Å². The quantitative estimate of drug-likeness (QED) is 0.638. The molecule has 0 unspecified atom stereocenters. The first-order valence-electron chi connectivity index (χ1n) is 10.5. The molecule has 0 spiro atoms. The average molecular weight is 430 g/mol. The van der Waals surface area contributed by atoms with Crippen molar-refractivity contribution in [1.29, 1.82) is 0 Å². The van der Waals surface area contributed by atoms with Crippen molar-refractivity contribution in [3.8, 4) is 11.5 Å². The third-order valence-corrected chi connectivity index (χ3v) is 5.66. The second kappa shape index (κ2) is 10.3. The molecule has 31 heavy (non-hydrogen) atoms. The Morgan fingerprint density at radius 2 is 1.94 bits per heavy atom. The summed E-state index contributed by atoms with van der Waals surface area (Å²) >= 11 is 0. The van der Waals surface area contributed by atoms with Gasteiger partial charge in [0.25, 0.3) is 5.91 Å². The summed E-state index contributed by atoms with van der Waals surface area (Å²) in [6.07, 6.45) is 6.29. The third kappa shape index (κ3) is 5.53. The van der Waals surface area contributed by atoms with Gasteiger partial charge in [0.1, 0.15) is 6.54 Å². The van der Waals surface area contributed by atoms with E-state index in [1.54, 1.807) is 34.5 Å². The van der Waals surface area contributed by atoms with Gasteiger partial charge < -0.3 is 19.3 Å². The Hall–Kier alpha value is -3.10. The van der Waals surface area contributed by atoms with Crippen LogP contribution in [0.25, 0.3) is 0 Å². The highest BCUT2D eigenvalue weighted by molar-refractivity contribution is 5.92. The van der Waals surface area contributed by atoms with Crippen LogP contribution in [0.15, 0.2) is 24.4 Å².